The minimum absolute atomic E-state index is 0.813. The Balaban J connectivity index is 3.82. The van der Waals surface area contributed by atoms with Gasteiger partial charge < -0.3 is 18.2 Å². The van der Waals surface area contributed by atoms with Crippen LogP contribution in [-0.4, -0.2) is 67.9 Å². The van der Waals surface area contributed by atoms with E-state index < -0.39 is 8.80 Å². The molecule has 6 heteroatoms. The van der Waals surface area contributed by atoms with Crippen molar-refractivity contribution < 1.29 is 13.3 Å². The first-order chi connectivity index (χ1) is 9.49. The van der Waals surface area contributed by atoms with Crippen molar-refractivity contribution in [3.05, 3.63) is 0 Å². The SMILES string of the molecule is CO[Si](CCCN=C(C)CCCCN(C)C)(OC)OC. The van der Waals surface area contributed by atoms with E-state index in [4.69, 9.17) is 13.3 Å². The summed E-state index contributed by atoms with van der Waals surface area (Å²) in [4.78, 5) is 6.82. The van der Waals surface area contributed by atoms with Crippen molar-refractivity contribution in [2.45, 2.75) is 38.7 Å². The van der Waals surface area contributed by atoms with Crippen molar-refractivity contribution in [3.63, 3.8) is 0 Å². The van der Waals surface area contributed by atoms with Crippen LogP contribution in [0.3, 0.4) is 0 Å². The lowest BCUT2D eigenvalue weighted by molar-refractivity contribution is 0.123. The lowest BCUT2D eigenvalue weighted by Gasteiger charge is -2.23. The third-order valence-electron chi connectivity index (χ3n) is 3.35. The smallest absolute Gasteiger partial charge is 0.377 e. The molecule has 0 amide bonds. The van der Waals surface area contributed by atoms with Gasteiger partial charge >= 0.3 is 8.80 Å². The third kappa shape index (κ3) is 8.81. The average molecular weight is 305 g/mol. The summed E-state index contributed by atoms with van der Waals surface area (Å²) >= 11 is 0. The molecule has 0 unspecified atom stereocenters. The molecular formula is C14H32N2O3Si. The van der Waals surface area contributed by atoms with E-state index in [0.29, 0.717) is 0 Å². The molecule has 0 aliphatic carbocycles. The summed E-state index contributed by atoms with van der Waals surface area (Å²) in [6, 6.07) is 0.813. The second kappa shape index (κ2) is 11.4. The zero-order valence-electron chi connectivity index (χ0n) is 14.1. The molecule has 0 atom stereocenters. The summed E-state index contributed by atoms with van der Waals surface area (Å²) in [7, 11) is 6.77. The third-order valence-corrected chi connectivity index (χ3v) is 6.18. The van der Waals surface area contributed by atoms with Crippen LogP contribution in [0.4, 0.5) is 0 Å². The Bertz CT molecular complexity index is 261. The van der Waals surface area contributed by atoms with Gasteiger partial charge in [0, 0.05) is 39.6 Å². The van der Waals surface area contributed by atoms with Gasteiger partial charge in [-0.15, -0.1) is 0 Å². The van der Waals surface area contributed by atoms with Gasteiger partial charge in [-0.1, -0.05) is 0 Å². The summed E-state index contributed by atoms with van der Waals surface area (Å²) in [5, 5.41) is 0. The van der Waals surface area contributed by atoms with Crippen LogP contribution in [0.1, 0.15) is 32.6 Å². The van der Waals surface area contributed by atoms with Crippen LogP contribution in [0.15, 0.2) is 4.99 Å². The standard InChI is InChI=1S/C14H32N2O3Si/c1-14(10-7-8-12-16(2)3)15-11-9-13-20(17-4,18-5)19-6/h7-13H2,1-6H3. The van der Waals surface area contributed by atoms with Crippen LogP contribution in [0.25, 0.3) is 0 Å². The number of rotatable bonds is 12. The monoisotopic (exact) mass is 304 g/mol. The molecule has 0 saturated carbocycles. The largest absolute Gasteiger partial charge is 0.500 e. The Morgan fingerprint density at radius 2 is 1.60 bits per heavy atom. The molecule has 120 valence electrons. The van der Waals surface area contributed by atoms with E-state index in [1.807, 2.05) is 0 Å². The lowest BCUT2D eigenvalue weighted by Crippen LogP contribution is -2.42. The second-order valence-corrected chi connectivity index (χ2v) is 8.37. The van der Waals surface area contributed by atoms with E-state index >= 15 is 0 Å². The van der Waals surface area contributed by atoms with Gasteiger partial charge in [-0.3, -0.25) is 4.99 Å². The first-order valence-corrected chi connectivity index (χ1v) is 9.23. The van der Waals surface area contributed by atoms with Crippen LogP contribution in [0, 0.1) is 0 Å². The van der Waals surface area contributed by atoms with Crippen molar-refractivity contribution in [2.75, 3.05) is 48.5 Å². The first-order valence-electron chi connectivity index (χ1n) is 7.29. The van der Waals surface area contributed by atoms with E-state index in [-0.39, 0.29) is 0 Å². The van der Waals surface area contributed by atoms with E-state index in [1.54, 1.807) is 21.3 Å². The van der Waals surface area contributed by atoms with Crippen molar-refractivity contribution >= 4 is 14.5 Å². The highest BCUT2D eigenvalue weighted by atomic mass is 28.4. The molecule has 0 aromatic heterocycles. The van der Waals surface area contributed by atoms with Crippen molar-refractivity contribution in [1.82, 2.24) is 4.90 Å². The van der Waals surface area contributed by atoms with Crippen LogP contribution < -0.4 is 0 Å². The number of nitrogens with zero attached hydrogens (tertiary/aromatic N) is 2. The van der Waals surface area contributed by atoms with Gasteiger partial charge in [0.15, 0.2) is 0 Å². The van der Waals surface area contributed by atoms with Gasteiger partial charge in [-0.05, 0) is 53.2 Å². The fourth-order valence-electron chi connectivity index (χ4n) is 2.01. The molecule has 0 aromatic rings. The quantitative estimate of drug-likeness (QED) is 0.315. The van der Waals surface area contributed by atoms with Gasteiger partial charge in [0.05, 0.1) is 0 Å². The molecule has 0 heterocycles. The molecule has 0 aliphatic heterocycles. The van der Waals surface area contributed by atoms with Crippen molar-refractivity contribution in [2.24, 2.45) is 4.99 Å². The molecule has 0 radical (unpaired) electrons. The minimum atomic E-state index is -2.41. The van der Waals surface area contributed by atoms with Crippen LogP contribution in [0.2, 0.25) is 6.04 Å². The van der Waals surface area contributed by atoms with Gasteiger partial charge in [0.1, 0.15) is 0 Å². The highest BCUT2D eigenvalue weighted by Gasteiger charge is 2.36. The maximum absolute atomic E-state index is 5.39. The van der Waals surface area contributed by atoms with E-state index in [2.05, 4.69) is 30.9 Å². The lowest BCUT2D eigenvalue weighted by atomic mass is 10.2. The molecule has 0 aromatic carbocycles. The predicted molar refractivity (Wildman–Crippen MR) is 86.6 cm³/mol. The first kappa shape index (κ1) is 19.7. The van der Waals surface area contributed by atoms with Crippen molar-refractivity contribution in [1.29, 1.82) is 0 Å². The van der Waals surface area contributed by atoms with E-state index in [9.17, 15) is 0 Å². The van der Waals surface area contributed by atoms with Gasteiger partial charge in [-0.2, -0.15) is 0 Å². The number of unbranched alkanes of at least 4 members (excludes halogenated alkanes) is 1. The molecular weight excluding hydrogens is 272 g/mol. The molecule has 0 rings (SSSR count). The average Bonchev–Trinajstić information content (AvgIpc) is 2.44. The van der Waals surface area contributed by atoms with Crippen LogP contribution in [-0.2, 0) is 13.3 Å². The Morgan fingerprint density at radius 3 is 2.10 bits per heavy atom. The summed E-state index contributed by atoms with van der Waals surface area (Å²) < 4.78 is 16.2. The van der Waals surface area contributed by atoms with E-state index in [0.717, 1.165) is 32.0 Å². The zero-order chi connectivity index (χ0) is 15.4. The van der Waals surface area contributed by atoms with Crippen molar-refractivity contribution in [3.8, 4) is 0 Å². The highest BCUT2D eigenvalue weighted by molar-refractivity contribution is 6.60. The topological polar surface area (TPSA) is 43.3 Å². The summed E-state index contributed by atoms with van der Waals surface area (Å²) in [5.74, 6) is 0. The predicted octanol–water partition coefficient (Wildman–Crippen LogP) is 2.45. The molecule has 5 nitrogen and oxygen atoms in total. The Hall–Kier alpha value is -0.273. The van der Waals surface area contributed by atoms with Crippen LogP contribution >= 0.6 is 0 Å². The summed E-state index contributed by atoms with van der Waals surface area (Å²) in [6.45, 7) is 4.09. The zero-order valence-corrected chi connectivity index (χ0v) is 15.1. The van der Waals surface area contributed by atoms with Gasteiger partial charge in [-0.25, -0.2) is 0 Å². The Kier molecular flexibility index (Phi) is 11.2. The van der Waals surface area contributed by atoms with Gasteiger partial charge in [0.2, 0.25) is 0 Å². The molecule has 0 bridgehead atoms. The summed E-state index contributed by atoms with van der Waals surface area (Å²) in [5.41, 5.74) is 1.24. The normalized spacial score (nSPS) is 13.2. The number of aliphatic imine (C=N–C) groups is 1. The molecule has 0 saturated heterocycles. The number of hydrogen-bond acceptors (Lipinski definition) is 5. The fraction of sp³-hybridized carbons (Fsp3) is 0.929. The van der Waals surface area contributed by atoms with Crippen LogP contribution in [0.5, 0.6) is 0 Å². The highest BCUT2D eigenvalue weighted by Crippen LogP contribution is 2.14. The molecule has 0 spiro atoms. The second-order valence-electron chi connectivity index (χ2n) is 5.28. The fourth-order valence-corrected chi connectivity index (χ4v) is 3.71. The van der Waals surface area contributed by atoms with E-state index in [1.165, 1.54) is 18.6 Å². The molecule has 20 heavy (non-hydrogen) atoms. The van der Waals surface area contributed by atoms with Gasteiger partial charge in [0.25, 0.3) is 0 Å². The number of hydrogen-bond donors (Lipinski definition) is 0. The Labute approximate surface area is 125 Å². The minimum Gasteiger partial charge on any atom is -0.377 e. The maximum atomic E-state index is 5.39. The molecule has 0 fully saturated rings. The molecule has 0 N–H and O–H groups in total. The summed E-state index contributed by atoms with van der Waals surface area (Å²) in [6.07, 6.45) is 4.47. The molecule has 0 aliphatic rings. The maximum Gasteiger partial charge on any atom is 0.500 e. The Morgan fingerprint density at radius 1 is 1.00 bits per heavy atom.